The number of halogens is 1. The third-order valence-corrected chi connectivity index (χ3v) is 7.78. The van der Waals surface area contributed by atoms with E-state index in [-0.39, 0.29) is 12.7 Å². The number of hydrogen-bond acceptors (Lipinski definition) is 6. The van der Waals surface area contributed by atoms with Crippen LogP contribution in [0.15, 0.2) is 36.4 Å². The lowest BCUT2D eigenvalue weighted by atomic mass is 10.1. The van der Waals surface area contributed by atoms with Crippen LogP contribution in [0, 0.1) is 13.8 Å². The Bertz CT molecular complexity index is 1300. The number of anilines is 1. The summed E-state index contributed by atoms with van der Waals surface area (Å²) in [5.74, 6) is 2.21. The van der Waals surface area contributed by atoms with Gasteiger partial charge >= 0.3 is 0 Å². The highest BCUT2D eigenvalue weighted by Gasteiger charge is 2.23. The number of carbonyl (C=O) groups excluding carboxylic acids is 1. The van der Waals surface area contributed by atoms with E-state index in [4.69, 9.17) is 26.1 Å². The predicted octanol–water partition coefficient (Wildman–Crippen LogP) is 4.77. The second-order valence-electron chi connectivity index (χ2n) is 9.91. The van der Waals surface area contributed by atoms with Crippen molar-refractivity contribution < 1.29 is 14.3 Å². The third-order valence-electron chi connectivity index (χ3n) is 7.37. The van der Waals surface area contributed by atoms with Crippen molar-refractivity contribution >= 4 is 23.2 Å². The van der Waals surface area contributed by atoms with Crippen LogP contribution in [-0.4, -0.2) is 66.4 Å². The highest BCUT2D eigenvalue weighted by molar-refractivity contribution is 6.31. The molecule has 1 N–H and O–H groups in total. The molecular weight excluding hydrogens is 502 g/mol. The van der Waals surface area contributed by atoms with Crippen LogP contribution in [-0.2, 0) is 6.42 Å². The van der Waals surface area contributed by atoms with Crippen molar-refractivity contribution in [3.8, 4) is 17.2 Å². The fourth-order valence-electron chi connectivity index (χ4n) is 5.27. The average molecular weight is 538 g/mol. The summed E-state index contributed by atoms with van der Waals surface area (Å²) in [6, 6.07) is 11.9. The summed E-state index contributed by atoms with van der Waals surface area (Å²) in [4.78, 5) is 22.7. The maximum Gasteiger partial charge on any atom is 0.271 e. The molecule has 1 fully saturated rings. The molecular formula is C29H36ClN5O3. The van der Waals surface area contributed by atoms with Gasteiger partial charge in [-0.15, -0.1) is 0 Å². The lowest BCUT2D eigenvalue weighted by Crippen LogP contribution is -2.47. The Morgan fingerprint density at radius 3 is 2.66 bits per heavy atom. The van der Waals surface area contributed by atoms with E-state index >= 15 is 0 Å². The van der Waals surface area contributed by atoms with Crippen LogP contribution in [0.5, 0.6) is 11.5 Å². The minimum absolute atomic E-state index is 0.124. The van der Waals surface area contributed by atoms with Crippen LogP contribution < -0.4 is 19.7 Å². The zero-order valence-electron chi connectivity index (χ0n) is 22.4. The molecule has 1 aromatic heterocycles. The second kappa shape index (κ2) is 11.7. The summed E-state index contributed by atoms with van der Waals surface area (Å²) in [6.07, 6.45) is 2.61. The topological polar surface area (TPSA) is 71.9 Å². The van der Waals surface area contributed by atoms with Gasteiger partial charge in [0.2, 0.25) is 6.79 Å². The molecule has 0 atom stereocenters. The molecule has 3 aromatic rings. The summed E-state index contributed by atoms with van der Waals surface area (Å²) < 4.78 is 13.1. The largest absolute Gasteiger partial charge is 0.454 e. The number of imidazole rings is 1. The maximum absolute atomic E-state index is 13.1. The number of rotatable bonds is 9. The number of fused-ring (bicyclic) bond motifs is 1. The predicted molar refractivity (Wildman–Crippen MR) is 150 cm³/mol. The Balaban J connectivity index is 1.15. The molecule has 2 aromatic carbocycles. The maximum atomic E-state index is 13.1. The second-order valence-corrected chi connectivity index (χ2v) is 10.3. The fourth-order valence-corrected chi connectivity index (χ4v) is 5.44. The molecule has 0 saturated carbocycles. The van der Waals surface area contributed by atoms with Crippen LogP contribution in [0.2, 0.25) is 5.02 Å². The van der Waals surface area contributed by atoms with Gasteiger partial charge in [0.15, 0.2) is 11.5 Å². The van der Waals surface area contributed by atoms with E-state index in [0.29, 0.717) is 18.0 Å². The first kappa shape index (κ1) is 26.4. The molecule has 0 spiro atoms. The highest BCUT2D eigenvalue weighted by Crippen LogP contribution is 2.34. The first-order valence-electron chi connectivity index (χ1n) is 13.4. The standard InChI is InChI=1S/C29H36ClN5O3/c1-4-7-27-32-28(21(3)35(27)22-10-11-25-26(18-22)38-19-37-25)29(36)31-12-6-13-33-14-16-34(17-15-33)24-9-5-8-23(30)20(24)2/h5,8-11,18H,4,6-7,12-17,19H2,1-3H3,(H,31,36). The van der Waals surface area contributed by atoms with Crippen LogP contribution in [0.4, 0.5) is 5.69 Å². The first-order valence-corrected chi connectivity index (χ1v) is 13.8. The molecule has 1 saturated heterocycles. The molecule has 0 radical (unpaired) electrons. The van der Waals surface area contributed by atoms with Crippen molar-refractivity contribution in [3.63, 3.8) is 0 Å². The van der Waals surface area contributed by atoms with Gasteiger partial charge in [0.05, 0.1) is 11.4 Å². The molecule has 1 amide bonds. The van der Waals surface area contributed by atoms with Gasteiger partial charge in [-0.2, -0.15) is 0 Å². The van der Waals surface area contributed by atoms with E-state index in [1.807, 2.05) is 37.3 Å². The Morgan fingerprint density at radius 1 is 1.08 bits per heavy atom. The van der Waals surface area contributed by atoms with Crippen molar-refractivity contribution in [2.24, 2.45) is 0 Å². The van der Waals surface area contributed by atoms with Crippen molar-refractivity contribution in [3.05, 3.63) is 64.2 Å². The minimum atomic E-state index is -0.124. The number of aromatic nitrogens is 2. The Hall–Kier alpha value is -3.23. The van der Waals surface area contributed by atoms with Gasteiger partial charge in [0.1, 0.15) is 11.5 Å². The Morgan fingerprint density at radius 2 is 1.87 bits per heavy atom. The minimum Gasteiger partial charge on any atom is -0.454 e. The molecule has 2 aliphatic rings. The Kier molecular flexibility index (Phi) is 8.09. The number of aryl methyl sites for hydroxylation is 1. The van der Waals surface area contributed by atoms with Gasteiger partial charge in [0, 0.05) is 55.9 Å². The van der Waals surface area contributed by atoms with Gasteiger partial charge in [-0.1, -0.05) is 24.6 Å². The fraction of sp³-hybridized carbons (Fsp3) is 0.448. The summed E-state index contributed by atoms with van der Waals surface area (Å²) in [5, 5.41) is 3.91. The van der Waals surface area contributed by atoms with E-state index in [1.165, 1.54) is 5.69 Å². The van der Waals surface area contributed by atoms with Gasteiger partial charge in [-0.3, -0.25) is 9.69 Å². The number of carbonyl (C=O) groups is 1. The Labute approximate surface area is 229 Å². The average Bonchev–Trinajstić information content (AvgIpc) is 3.52. The molecule has 0 aliphatic carbocycles. The molecule has 202 valence electrons. The molecule has 5 rings (SSSR count). The molecule has 8 nitrogen and oxygen atoms in total. The molecule has 2 aliphatic heterocycles. The smallest absolute Gasteiger partial charge is 0.271 e. The monoisotopic (exact) mass is 537 g/mol. The highest BCUT2D eigenvalue weighted by atomic mass is 35.5. The van der Waals surface area contributed by atoms with E-state index in [1.54, 1.807) is 0 Å². The van der Waals surface area contributed by atoms with Crippen LogP contribution in [0.1, 0.15) is 47.3 Å². The van der Waals surface area contributed by atoms with E-state index in [9.17, 15) is 4.79 Å². The quantitative estimate of drug-likeness (QED) is 0.397. The van der Waals surface area contributed by atoms with Gasteiger partial charge in [-0.25, -0.2) is 4.98 Å². The lowest BCUT2D eigenvalue weighted by molar-refractivity contribution is 0.0946. The van der Waals surface area contributed by atoms with Gasteiger partial charge in [-0.05, 0) is 63.1 Å². The normalized spacial score (nSPS) is 15.2. The van der Waals surface area contributed by atoms with Crippen molar-refractivity contribution in [1.82, 2.24) is 19.8 Å². The molecule has 0 bridgehead atoms. The number of ether oxygens (including phenoxy) is 2. The number of benzene rings is 2. The summed E-state index contributed by atoms with van der Waals surface area (Å²) in [6.45, 7) is 11.9. The number of amides is 1. The van der Waals surface area contributed by atoms with Crippen molar-refractivity contribution in [2.45, 2.75) is 40.0 Å². The van der Waals surface area contributed by atoms with E-state index < -0.39 is 0 Å². The van der Waals surface area contributed by atoms with Gasteiger partial charge in [0.25, 0.3) is 5.91 Å². The zero-order chi connectivity index (χ0) is 26.6. The third kappa shape index (κ3) is 5.47. The number of hydrogen-bond donors (Lipinski definition) is 1. The van der Waals surface area contributed by atoms with E-state index in [2.05, 4.69) is 39.6 Å². The lowest BCUT2D eigenvalue weighted by Gasteiger charge is -2.37. The number of piperazine rings is 1. The summed E-state index contributed by atoms with van der Waals surface area (Å²) >= 11 is 6.32. The summed E-state index contributed by atoms with van der Waals surface area (Å²) in [7, 11) is 0. The molecule has 38 heavy (non-hydrogen) atoms. The number of nitrogens with zero attached hydrogens (tertiary/aromatic N) is 4. The molecule has 0 unspecified atom stereocenters. The molecule has 9 heteroatoms. The van der Waals surface area contributed by atoms with Gasteiger partial charge < -0.3 is 24.3 Å². The van der Waals surface area contributed by atoms with Crippen LogP contribution in [0.3, 0.4) is 0 Å². The van der Waals surface area contributed by atoms with Crippen LogP contribution in [0.25, 0.3) is 5.69 Å². The first-order chi connectivity index (χ1) is 18.5. The summed E-state index contributed by atoms with van der Waals surface area (Å²) in [5.41, 5.74) is 4.61. The SMILES string of the molecule is CCCc1nc(C(=O)NCCCN2CCN(c3cccc(Cl)c3C)CC2)c(C)n1-c1ccc2c(c1)OCO2. The van der Waals surface area contributed by atoms with Crippen molar-refractivity contribution in [1.29, 1.82) is 0 Å². The van der Waals surface area contributed by atoms with Crippen molar-refractivity contribution in [2.75, 3.05) is 51.0 Å². The van der Waals surface area contributed by atoms with E-state index in [0.717, 1.165) is 85.5 Å². The van der Waals surface area contributed by atoms with Crippen LogP contribution >= 0.6 is 11.6 Å². The zero-order valence-corrected chi connectivity index (χ0v) is 23.2. The molecule has 3 heterocycles. The number of nitrogens with one attached hydrogen (secondary N) is 1.